The first-order valence-electron chi connectivity index (χ1n) is 5.99. The average molecular weight is 239 g/mol. The Morgan fingerprint density at radius 2 is 2.41 bits per heavy atom. The molecule has 17 heavy (non-hydrogen) atoms. The van der Waals surface area contributed by atoms with Gasteiger partial charge in [0.25, 0.3) is 0 Å². The van der Waals surface area contributed by atoms with Crippen LogP contribution in [0.1, 0.15) is 38.4 Å². The van der Waals surface area contributed by atoms with Gasteiger partial charge in [0.05, 0.1) is 19.2 Å². The Morgan fingerprint density at radius 1 is 1.65 bits per heavy atom. The second-order valence-corrected chi connectivity index (χ2v) is 4.05. The highest BCUT2D eigenvalue weighted by Crippen LogP contribution is 2.08. The molecule has 0 fully saturated rings. The molecule has 1 aromatic heterocycles. The van der Waals surface area contributed by atoms with Gasteiger partial charge in [-0.25, -0.2) is 0 Å². The van der Waals surface area contributed by atoms with Crippen molar-refractivity contribution in [1.82, 2.24) is 15.1 Å². The van der Waals surface area contributed by atoms with Gasteiger partial charge in [-0.1, -0.05) is 6.92 Å². The maximum Gasteiger partial charge on any atom is 0.306 e. The van der Waals surface area contributed by atoms with Crippen LogP contribution in [0.3, 0.4) is 0 Å². The molecule has 1 rings (SSSR count). The molecule has 1 aromatic rings. The molecule has 5 heteroatoms. The number of hydrogen-bond donors (Lipinski definition) is 1. The van der Waals surface area contributed by atoms with Gasteiger partial charge in [-0.15, -0.1) is 0 Å². The summed E-state index contributed by atoms with van der Waals surface area (Å²) < 4.78 is 6.52. The van der Waals surface area contributed by atoms with Crippen LogP contribution < -0.4 is 5.32 Å². The number of aromatic nitrogens is 2. The third-order valence-corrected chi connectivity index (χ3v) is 2.75. The number of nitrogens with zero attached hydrogens (tertiary/aromatic N) is 2. The Morgan fingerprint density at radius 3 is 3.06 bits per heavy atom. The molecule has 0 amide bonds. The normalized spacial score (nSPS) is 12.4. The largest absolute Gasteiger partial charge is 0.469 e. The first-order valence-corrected chi connectivity index (χ1v) is 5.99. The lowest BCUT2D eigenvalue weighted by molar-refractivity contribution is -0.140. The van der Waals surface area contributed by atoms with Gasteiger partial charge in [0.15, 0.2) is 0 Å². The molecule has 0 aliphatic heterocycles. The molecule has 1 atom stereocenters. The van der Waals surface area contributed by atoms with E-state index in [4.69, 9.17) is 0 Å². The van der Waals surface area contributed by atoms with Gasteiger partial charge >= 0.3 is 5.97 Å². The van der Waals surface area contributed by atoms with Crippen LogP contribution in [-0.2, 0) is 16.1 Å². The summed E-state index contributed by atoms with van der Waals surface area (Å²) in [5.74, 6) is -0.192. The first-order chi connectivity index (χ1) is 8.17. The third kappa shape index (κ3) is 4.56. The number of carbonyl (C=O) groups excluding carboxylic acids is 1. The van der Waals surface area contributed by atoms with Gasteiger partial charge < -0.3 is 10.1 Å². The second kappa shape index (κ2) is 7.06. The van der Waals surface area contributed by atoms with E-state index in [1.807, 2.05) is 16.9 Å². The van der Waals surface area contributed by atoms with Crippen LogP contribution in [-0.4, -0.2) is 29.4 Å². The molecule has 0 saturated heterocycles. The fourth-order valence-electron chi connectivity index (χ4n) is 1.41. The number of carbonyl (C=O) groups is 1. The summed E-state index contributed by atoms with van der Waals surface area (Å²) in [4.78, 5) is 10.9. The fraction of sp³-hybridized carbons (Fsp3) is 0.667. The van der Waals surface area contributed by atoms with Crippen LogP contribution in [0.5, 0.6) is 0 Å². The lowest BCUT2D eigenvalue weighted by Crippen LogP contribution is -2.19. The van der Waals surface area contributed by atoms with E-state index in [0.717, 1.165) is 12.1 Å². The molecule has 0 aliphatic carbocycles. The first kappa shape index (κ1) is 13.7. The molecule has 5 nitrogen and oxygen atoms in total. The molecule has 96 valence electrons. The van der Waals surface area contributed by atoms with Crippen LogP contribution in [0.15, 0.2) is 12.3 Å². The van der Waals surface area contributed by atoms with Gasteiger partial charge in [-0.3, -0.25) is 9.48 Å². The van der Waals surface area contributed by atoms with Crippen LogP contribution in [0.4, 0.5) is 0 Å². The van der Waals surface area contributed by atoms with Crippen molar-refractivity contribution < 1.29 is 9.53 Å². The zero-order valence-electron chi connectivity index (χ0n) is 10.8. The van der Waals surface area contributed by atoms with Crippen molar-refractivity contribution in [3.05, 3.63) is 18.0 Å². The molecule has 0 radical (unpaired) electrons. The number of esters is 1. The number of methoxy groups -OCH3 is 1. The van der Waals surface area contributed by atoms with E-state index in [9.17, 15) is 4.79 Å². The topological polar surface area (TPSA) is 56.2 Å². The predicted octanol–water partition coefficient (Wildman–Crippen LogP) is 1.51. The molecule has 0 saturated carbocycles. The number of rotatable bonds is 7. The van der Waals surface area contributed by atoms with E-state index in [2.05, 4.69) is 29.0 Å². The van der Waals surface area contributed by atoms with Crippen molar-refractivity contribution in [3.63, 3.8) is 0 Å². The van der Waals surface area contributed by atoms with Crippen molar-refractivity contribution >= 4 is 5.97 Å². The second-order valence-electron chi connectivity index (χ2n) is 4.05. The highest BCUT2D eigenvalue weighted by atomic mass is 16.5. The van der Waals surface area contributed by atoms with Gasteiger partial charge in [0.2, 0.25) is 0 Å². The van der Waals surface area contributed by atoms with E-state index in [1.54, 1.807) is 0 Å². The summed E-state index contributed by atoms with van der Waals surface area (Å²) in [6.45, 7) is 5.57. The molecule has 0 spiro atoms. The highest BCUT2D eigenvalue weighted by molar-refractivity contribution is 5.69. The predicted molar refractivity (Wildman–Crippen MR) is 65.6 cm³/mol. The Kier molecular flexibility index (Phi) is 5.69. The summed E-state index contributed by atoms with van der Waals surface area (Å²) in [6, 6.07) is 2.43. The summed E-state index contributed by atoms with van der Waals surface area (Å²) in [5, 5.41) is 7.62. The van der Waals surface area contributed by atoms with E-state index in [-0.39, 0.29) is 5.97 Å². The lowest BCUT2D eigenvalue weighted by atomic mass is 10.3. The Labute approximate surface area is 102 Å². The zero-order valence-corrected chi connectivity index (χ0v) is 10.8. The van der Waals surface area contributed by atoms with Gasteiger partial charge in [-0.2, -0.15) is 5.10 Å². The Balaban J connectivity index is 2.28. The SMILES string of the molecule is CCC(C)n1ccc(CNCCC(=O)OC)n1. The number of ether oxygens (including phenoxy) is 1. The van der Waals surface area contributed by atoms with Crippen LogP contribution in [0.2, 0.25) is 0 Å². The van der Waals surface area contributed by atoms with E-state index in [0.29, 0.717) is 25.6 Å². The van der Waals surface area contributed by atoms with E-state index < -0.39 is 0 Å². The van der Waals surface area contributed by atoms with Crippen LogP contribution >= 0.6 is 0 Å². The average Bonchev–Trinajstić information content (AvgIpc) is 2.82. The van der Waals surface area contributed by atoms with Crippen LogP contribution in [0.25, 0.3) is 0 Å². The molecule has 1 heterocycles. The minimum Gasteiger partial charge on any atom is -0.469 e. The molecule has 1 unspecified atom stereocenters. The van der Waals surface area contributed by atoms with Gasteiger partial charge in [-0.05, 0) is 19.4 Å². The molecular formula is C12H21N3O2. The van der Waals surface area contributed by atoms with Crippen molar-refractivity contribution in [3.8, 4) is 0 Å². The maximum atomic E-state index is 10.9. The molecular weight excluding hydrogens is 218 g/mol. The van der Waals surface area contributed by atoms with Crippen molar-refractivity contribution in [2.75, 3.05) is 13.7 Å². The maximum absolute atomic E-state index is 10.9. The van der Waals surface area contributed by atoms with Crippen molar-refractivity contribution in [2.24, 2.45) is 0 Å². The van der Waals surface area contributed by atoms with Gasteiger partial charge in [0.1, 0.15) is 0 Å². The summed E-state index contributed by atoms with van der Waals surface area (Å²) in [7, 11) is 1.40. The molecule has 1 N–H and O–H groups in total. The van der Waals surface area contributed by atoms with Crippen LogP contribution in [0, 0.1) is 0 Å². The molecule has 0 bridgehead atoms. The van der Waals surface area contributed by atoms with Gasteiger partial charge in [0, 0.05) is 25.3 Å². The molecule has 0 aliphatic rings. The van der Waals surface area contributed by atoms with Crippen molar-refractivity contribution in [2.45, 2.75) is 39.3 Å². The minimum atomic E-state index is -0.192. The minimum absolute atomic E-state index is 0.192. The Hall–Kier alpha value is -1.36. The monoisotopic (exact) mass is 239 g/mol. The standard InChI is InChI=1S/C12H21N3O2/c1-4-10(2)15-8-6-11(14-15)9-13-7-5-12(16)17-3/h6,8,10,13H,4-5,7,9H2,1-3H3. The zero-order chi connectivity index (χ0) is 12.7. The molecule has 0 aromatic carbocycles. The van der Waals surface area contributed by atoms with E-state index in [1.165, 1.54) is 7.11 Å². The number of hydrogen-bond acceptors (Lipinski definition) is 4. The lowest BCUT2D eigenvalue weighted by Gasteiger charge is -2.08. The Bertz CT molecular complexity index is 349. The summed E-state index contributed by atoms with van der Waals surface area (Å²) in [5.41, 5.74) is 0.996. The third-order valence-electron chi connectivity index (χ3n) is 2.75. The number of nitrogens with one attached hydrogen (secondary N) is 1. The smallest absolute Gasteiger partial charge is 0.306 e. The summed E-state index contributed by atoms with van der Waals surface area (Å²) >= 11 is 0. The van der Waals surface area contributed by atoms with E-state index >= 15 is 0 Å². The quantitative estimate of drug-likeness (QED) is 0.579. The fourth-order valence-corrected chi connectivity index (χ4v) is 1.41. The summed E-state index contributed by atoms with van der Waals surface area (Å²) in [6.07, 6.45) is 3.45. The highest BCUT2D eigenvalue weighted by Gasteiger charge is 2.04. The van der Waals surface area contributed by atoms with Crippen molar-refractivity contribution in [1.29, 1.82) is 0 Å².